The van der Waals surface area contributed by atoms with Crippen molar-refractivity contribution in [2.24, 2.45) is 4.99 Å². The van der Waals surface area contributed by atoms with Crippen LogP contribution in [0.25, 0.3) is 0 Å². The predicted octanol–water partition coefficient (Wildman–Crippen LogP) is 1.54. The molecule has 5 nitrogen and oxygen atoms in total. The molecular formula is C14H29N3O2. The molecule has 0 aliphatic carbocycles. The molecule has 5 heteroatoms. The number of hydrogen-bond acceptors (Lipinski definition) is 3. The van der Waals surface area contributed by atoms with E-state index in [1.54, 1.807) is 7.05 Å². The van der Waals surface area contributed by atoms with E-state index in [0.29, 0.717) is 6.10 Å². The fraction of sp³-hybridized carbons (Fsp3) is 0.929. The molecule has 1 rings (SSSR count). The largest absolute Gasteiger partial charge is 0.381 e. The van der Waals surface area contributed by atoms with E-state index in [9.17, 15) is 0 Å². The Morgan fingerprint density at radius 3 is 2.53 bits per heavy atom. The molecule has 19 heavy (non-hydrogen) atoms. The third-order valence-corrected chi connectivity index (χ3v) is 3.18. The van der Waals surface area contributed by atoms with Gasteiger partial charge in [-0.3, -0.25) is 4.99 Å². The van der Waals surface area contributed by atoms with E-state index < -0.39 is 0 Å². The van der Waals surface area contributed by atoms with Crippen LogP contribution in [0.1, 0.15) is 39.0 Å². The molecule has 1 heterocycles. The second-order valence-corrected chi connectivity index (χ2v) is 4.82. The Labute approximate surface area is 117 Å². The average molecular weight is 271 g/mol. The van der Waals surface area contributed by atoms with E-state index in [1.807, 2.05) is 0 Å². The lowest BCUT2D eigenvalue weighted by Crippen LogP contribution is -2.38. The zero-order valence-corrected chi connectivity index (χ0v) is 12.4. The molecule has 0 saturated carbocycles. The SMILES string of the molecule is CCCCNC(=NC)NCCCOC1CCOCC1. The molecule has 2 N–H and O–H groups in total. The Kier molecular flexibility index (Phi) is 9.45. The van der Waals surface area contributed by atoms with Crippen molar-refractivity contribution in [2.45, 2.75) is 45.1 Å². The summed E-state index contributed by atoms with van der Waals surface area (Å²) < 4.78 is 11.1. The molecule has 1 aliphatic heterocycles. The summed E-state index contributed by atoms with van der Waals surface area (Å²) in [6.07, 6.45) is 5.85. The molecule has 0 spiro atoms. The van der Waals surface area contributed by atoms with Gasteiger partial charge in [0.15, 0.2) is 5.96 Å². The number of ether oxygens (including phenoxy) is 2. The second kappa shape index (κ2) is 11.1. The van der Waals surface area contributed by atoms with Gasteiger partial charge in [0.05, 0.1) is 6.10 Å². The van der Waals surface area contributed by atoms with Gasteiger partial charge < -0.3 is 20.1 Å². The van der Waals surface area contributed by atoms with Crippen molar-refractivity contribution >= 4 is 5.96 Å². The van der Waals surface area contributed by atoms with Crippen LogP contribution in [-0.4, -0.2) is 52.0 Å². The average Bonchev–Trinajstić information content (AvgIpc) is 2.46. The van der Waals surface area contributed by atoms with Gasteiger partial charge in [0.25, 0.3) is 0 Å². The van der Waals surface area contributed by atoms with Gasteiger partial charge in [-0.25, -0.2) is 0 Å². The first-order chi connectivity index (χ1) is 9.36. The molecule has 1 aliphatic rings. The van der Waals surface area contributed by atoms with Crippen LogP contribution in [0, 0.1) is 0 Å². The predicted molar refractivity (Wildman–Crippen MR) is 78.7 cm³/mol. The van der Waals surface area contributed by atoms with E-state index in [0.717, 1.165) is 58.1 Å². The topological polar surface area (TPSA) is 54.9 Å². The fourth-order valence-electron chi connectivity index (χ4n) is 1.98. The molecular weight excluding hydrogens is 242 g/mol. The van der Waals surface area contributed by atoms with Crippen LogP contribution < -0.4 is 10.6 Å². The maximum atomic E-state index is 5.82. The quantitative estimate of drug-likeness (QED) is 0.399. The van der Waals surface area contributed by atoms with Crippen LogP contribution in [0.5, 0.6) is 0 Å². The number of nitrogens with zero attached hydrogens (tertiary/aromatic N) is 1. The van der Waals surface area contributed by atoms with Crippen LogP contribution in [0.4, 0.5) is 0 Å². The molecule has 1 saturated heterocycles. The van der Waals surface area contributed by atoms with Gasteiger partial charge in [0, 0.05) is 40.0 Å². The van der Waals surface area contributed by atoms with Gasteiger partial charge in [0.2, 0.25) is 0 Å². The molecule has 0 aromatic carbocycles. The van der Waals surface area contributed by atoms with E-state index in [-0.39, 0.29) is 0 Å². The van der Waals surface area contributed by atoms with E-state index in [2.05, 4.69) is 22.5 Å². The van der Waals surface area contributed by atoms with Gasteiger partial charge in [0.1, 0.15) is 0 Å². The minimum atomic E-state index is 0.399. The molecule has 0 aromatic rings. The first-order valence-corrected chi connectivity index (χ1v) is 7.50. The smallest absolute Gasteiger partial charge is 0.190 e. The number of hydrogen-bond donors (Lipinski definition) is 2. The Bertz CT molecular complexity index is 241. The fourth-order valence-corrected chi connectivity index (χ4v) is 1.98. The van der Waals surface area contributed by atoms with Crippen LogP contribution >= 0.6 is 0 Å². The lowest BCUT2D eigenvalue weighted by Gasteiger charge is -2.22. The van der Waals surface area contributed by atoms with Crippen LogP contribution in [-0.2, 0) is 9.47 Å². The summed E-state index contributed by atoms with van der Waals surface area (Å²) in [5.74, 6) is 0.888. The maximum Gasteiger partial charge on any atom is 0.190 e. The standard InChI is InChI=1S/C14H29N3O2/c1-3-4-8-16-14(15-2)17-9-5-10-19-13-6-11-18-12-7-13/h13H,3-12H2,1-2H3,(H2,15,16,17). The van der Waals surface area contributed by atoms with Gasteiger partial charge in [-0.05, 0) is 25.7 Å². The third-order valence-electron chi connectivity index (χ3n) is 3.18. The van der Waals surface area contributed by atoms with Gasteiger partial charge in [-0.2, -0.15) is 0 Å². The summed E-state index contributed by atoms with van der Waals surface area (Å²) in [6.45, 7) is 6.56. The number of rotatable bonds is 8. The molecule has 0 radical (unpaired) electrons. The summed E-state index contributed by atoms with van der Waals surface area (Å²) in [5, 5.41) is 6.59. The molecule has 0 unspecified atom stereocenters. The lowest BCUT2D eigenvalue weighted by molar-refractivity contribution is -0.0320. The van der Waals surface area contributed by atoms with E-state index >= 15 is 0 Å². The molecule has 0 bridgehead atoms. The van der Waals surface area contributed by atoms with Crippen molar-refractivity contribution < 1.29 is 9.47 Å². The Hall–Kier alpha value is -0.810. The second-order valence-electron chi connectivity index (χ2n) is 4.82. The van der Waals surface area contributed by atoms with Crippen LogP contribution in [0.15, 0.2) is 4.99 Å². The highest BCUT2D eigenvalue weighted by atomic mass is 16.5. The minimum Gasteiger partial charge on any atom is -0.381 e. The van der Waals surface area contributed by atoms with Gasteiger partial charge in [-0.15, -0.1) is 0 Å². The van der Waals surface area contributed by atoms with Gasteiger partial charge in [-0.1, -0.05) is 13.3 Å². The number of unbranched alkanes of at least 4 members (excludes halogenated alkanes) is 1. The van der Waals surface area contributed by atoms with Crippen LogP contribution in [0.3, 0.4) is 0 Å². The summed E-state index contributed by atoms with van der Waals surface area (Å²) in [5.41, 5.74) is 0. The number of aliphatic imine (C=N–C) groups is 1. The molecule has 112 valence electrons. The Balaban J connectivity index is 1.96. The van der Waals surface area contributed by atoms with Crippen LogP contribution in [0.2, 0.25) is 0 Å². The van der Waals surface area contributed by atoms with Crippen molar-refractivity contribution in [1.82, 2.24) is 10.6 Å². The number of guanidine groups is 1. The van der Waals surface area contributed by atoms with Crippen molar-refractivity contribution in [1.29, 1.82) is 0 Å². The highest BCUT2D eigenvalue weighted by Crippen LogP contribution is 2.10. The number of nitrogens with one attached hydrogen (secondary N) is 2. The Morgan fingerprint density at radius 2 is 1.89 bits per heavy atom. The Morgan fingerprint density at radius 1 is 1.21 bits per heavy atom. The van der Waals surface area contributed by atoms with E-state index in [1.165, 1.54) is 12.8 Å². The van der Waals surface area contributed by atoms with Crippen molar-refractivity contribution in [3.05, 3.63) is 0 Å². The zero-order valence-electron chi connectivity index (χ0n) is 12.4. The van der Waals surface area contributed by atoms with Crippen molar-refractivity contribution in [3.63, 3.8) is 0 Å². The molecule has 0 aromatic heterocycles. The third kappa shape index (κ3) is 8.06. The van der Waals surface area contributed by atoms with Crippen molar-refractivity contribution in [3.8, 4) is 0 Å². The first-order valence-electron chi connectivity index (χ1n) is 7.50. The molecule has 0 atom stereocenters. The summed E-state index contributed by atoms with van der Waals surface area (Å²) in [4.78, 5) is 4.18. The molecule has 0 amide bonds. The summed E-state index contributed by atoms with van der Waals surface area (Å²) >= 11 is 0. The normalized spacial score (nSPS) is 17.5. The lowest BCUT2D eigenvalue weighted by atomic mass is 10.1. The zero-order chi connectivity index (χ0) is 13.8. The van der Waals surface area contributed by atoms with Crippen molar-refractivity contribution in [2.75, 3.05) is 40.0 Å². The molecule has 1 fully saturated rings. The monoisotopic (exact) mass is 271 g/mol. The summed E-state index contributed by atoms with van der Waals surface area (Å²) in [6, 6.07) is 0. The first kappa shape index (κ1) is 16.2. The van der Waals surface area contributed by atoms with E-state index in [4.69, 9.17) is 9.47 Å². The highest BCUT2D eigenvalue weighted by Gasteiger charge is 2.13. The summed E-state index contributed by atoms with van der Waals surface area (Å²) in [7, 11) is 1.81. The maximum absolute atomic E-state index is 5.82. The highest BCUT2D eigenvalue weighted by molar-refractivity contribution is 5.79. The minimum absolute atomic E-state index is 0.399. The van der Waals surface area contributed by atoms with Gasteiger partial charge >= 0.3 is 0 Å².